The van der Waals surface area contributed by atoms with Gasteiger partial charge in [0.15, 0.2) is 0 Å². The maximum Gasteiger partial charge on any atom is 0.247 e. The third-order valence-electron chi connectivity index (χ3n) is 4.10. The molecule has 0 atom stereocenters. The van der Waals surface area contributed by atoms with Crippen molar-refractivity contribution >= 4 is 24.1 Å². The van der Waals surface area contributed by atoms with Gasteiger partial charge in [0.1, 0.15) is 0 Å². The van der Waals surface area contributed by atoms with E-state index in [1.807, 2.05) is 72.9 Å². The van der Waals surface area contributed by atoms with Crippen molar-refractivity contribution in [3.63, 3.8) is 0 Å². The highest BCUT2D eigenvalue weighted by Gasteiger charge is 2.25. The Bertz CT molecular complexity index is 801. The largest absolute Gasteiger partial charge is 0.288 e. The Kier molecular flexibility index (Phi) is 5.98. The highest BCUT2D eigenvalue weighted by atomic mass is 31.2. The van der Waals surface area contributed by atoms with E-state index in [-0.39, 0.29) is 0 Å². The lowest BCUT2D eigenvalue weighted by molar-refractivity contribution is 0.588. The summed E-state index contributed by atoms with van der Waals surface area (Å²) < 4.78 is 18.2. The van der Waals surface area contributed by atoms with E-state index in [2.05, 4.69) is 29.0 Å². The quantitative estimate of drug-likeness (QED) is 0.336. The van der Waals surface area contributed by atoms with Crippen molar-refractivity contribution in [2.75, 3.05) is 0 Å². The van der Waals surface area contributed by atoms with Crippen LogP contribution >= 0.6 is 7.29 Å². The average molecular weight is 347 g/mol. The van der Waals surface area contributed by atoms with E-state index in [0.717, 1.165) is 29.9 Å². The van der Waals surface area contributed by atoms with Crippen LogP contribution < -0.4 is 10.6 Å². The SMILES string of the molecule is O=P(/N=C/CCCc1ccccc1)(c1ccccc1)c1ccccc1. The summed E-state index contributed by atoms with van der Waals surface area (Å²) in [6, 6.07) is 29.5. The lowest BCUT2D eigenvalue weighted by atomic mass is 10.1. The van der Waals surface area contributed by atoms with Gasteiger partial charge in [0.05, 0.1) is 0 Å². The summed E-state index contributed by atoms with van der Waals surface area (Å²) in [5.41, 5.74) is 1.32. The summed E-state index contributed by atoms with van der Waals surface area (Å²) in [4.78, 5) is 0. The first-order valence-corrected chi connectivity index (χ1v) is 10.2. The molecule has 0 saturated carbocycles. The summed E-state index contributed by atoms with van der Waals surface area (Å²) in [6.07, 6.45) is 4.66. The minimum absolute atomic E-state index is 0.778. The van der Waals surface area contributed by atoms with Crippen LogP contribution in [0, 0.1) is 0 Å². The Hall–Kier alpha value is -2.44. The summed E-state index contributed by atoms with van der Waals surface area (Å²) in [5, 5.41) is 1.56. The molecule has 0 bridgehead atoms. The first-order valence-electron chi connectivity index (χ1n) is 8.58. The maximum atomic E-state index is 13.7. The van der Waals surface area contributed by atoms with Crippen LogP contribution in [-0.4, -0.2) is 6.21 Å². The van der Waals surface area contributed by atoms with Crippen LogP contribution in [0.4, 0.5) is 0 Å². The van der Waals surface area contributed by atoms with Gasteiger partial charge in [-0.05, 0) is 49.1 Å². The zero-order valence-electron chi connectivity index (χ0n) is 14.2. The molecule has 0 amide bonds. The molecule has 0 heterocycles. The van der Waals surface area contributed by atoms with Gasteiger partial charge in [0.25, 0.3) is 0 Å². The second-order valence-electron chi connectivity index (χ2n) is 5.92. The molecule has 0 radical (unpaired) electrons. The molecule has 0 aromatic heterocycles. The van der Waals surface area contributed by atoms with Gasteiger partial charge in [-0.25, -0.2) is 4.76 Å². The van der Waals surface area contributed by atoms with Gasteiger partial charge in [-0.3, -0.25) is 4.57 Å². The van der Waals surface area contributed by atoms with E-state index in [9.17, 15) is 4.57 Å². The molecule has 0 saturated heterocycles. The first kappa shape index (κ1) is 17.4. The molecule has 0 aliphatic rings. The number of unbranched alkanes of at least 4 members (excludes halogenated alkanes) is 1. The van der Waals surface area contributed by atoms with E-state index < -0.39 is 7.29 Å². The normalized spacial score (nSPS) is 11.7. The standard InChI is InChI=1S/C22H22NOP/c24-25(21-15-6-2-7-16-21,22-17-8-3-9-18-22)23-19-11-10-14-20-12-4-1-5-13-20/h1-9,12-13,15-19H,10-11,14H2/b23-19+. The van der Waals surface area contributed by atoms with Gasteiger partial charge < -0.3 is 0 Å². The highest BCUT2D eigenvalue weighted by molar-refractivity contribution is 7.77. The van der Waals surface area contributed by atoms with Crippen molar-refractivity contribution in [3.05, 3.63) is 96.6 Å². The van der Waals surface area contributed by atoms with Crippen molar-refractivity contribution in [3.8, 4) is 0 Å². The third-order valence-corrected chi connectivity index (χ3v) is 6.58. The van der Waals surface area contributed by atoms with Crippen molar-refractivity contribution in [1.29, 1.82) is 0 Å². The average Bonchev–Trinajstić information content (AvgIpc) is 2.70. The summed E-state index contributed by atoms with van der Waals surface area (Å²) in [5.74, 6) is 0. The minimum Gasteiger partial charge on any atom is -0.288 e. The van der Waals surface area contributed by atoms with Crippen molar-refractivity contribution in [1.82, 2.24) is 0 Å². The van der Waals surface area contributed by atoms with E-state index in [1.54, 1.807) is 0 Å². The van der Waals surface area contributed by atoms with E-state index in [1.165, 1.54) is 5.56 Å². The van der Waals surface area contributed by atoms with Gasteiger partial charge >= 0.3 is 0 Å². The molecule has 3 aromatic carbocycles. The number of hydrogen-bond acceptors (Lipinski definition) is 1. The molecule has 0 N–H and O–H groups in total. The molecule has 0 aliphatic heterocycles. The monoisotopic (exact) mass is 347 g/mol. The molecule has 3 heteroatoms. The Labute approximate surface area is 149 Å². The van der Waals surface area contributed by atoms with Crippen LogP contribution in [0.15, 0.2) is 95.8 Å². The summed E-state index contributed by atoms with van der Waals surface area (Å²) in [6.45, 7) is 0. The molecule has 0 fully saturated rings. The Morgan fingerprint density at radius 1 is 0.720 bits per heavy atom. The number of hydrogen-bond donors (Lipinski definition) is 0. The molecular formula is C22H22NOP. The van der Waals surface area contributed by atoms with Crippen LogP contribution in [0.1, 0.15) is 18.4 Å². The molecule has 25 heavy (non-hydrogen) atoms. The van der Waals surface area contributed by atoms with Crippen LogP contribution in [0.25, 0.3) is 0 Å². The fraction of sp³-hybridized carbons (Fsp3) is 0.136. The number of aryl methyl sites for hydroxylation is 1. The molecule has 2 nitrogen and oxygen atoms in total. The Morgan fingerprint density at radius 2 is 1.20 bits per heavy atom. The molecule has 3 aromatic rings. The smallest absolute Gasteiger partial charge is 0.247 e. The summed E-state index contributed by atoms with van der Waals surface area (Å²) in [7, 11) is -2.97. The van der Waals surface area contributed by atoms with Crippen molar-refractivity contribution < 1.29 is 4.57 Å². The molecule has 3 rings (SSSR count). The van der Waals surface area contributed by atoms with Gasteiger partial charge in [0, 0.05) is 16.8 Å². The highest BCUT2D eigenvalue weighted by Crippen LogP contribution is 2.44. The van der Waals surface area contributed by atoms with Gasteiger partial charge in [-0.2, -0.15) is 0 Å². The van der Waals surface area contributed by atoms with Gasteiger partial charge in [0.2, 0.25) is 7.29 Å². The van der Waals surface area contributed by atoms with Gasteiger partial charge in [-0.1, -0.05) is 66.7 Å². The lowest BCUT2D eigenvalue weighted by Gasteiger charge is -2.14. The van der Waals surface area contributed by atoms with Crippen molar-refractivity contribution in [2.24, 2.45) is 4.76 Å². The predicted molar refractivity (Wildman–Crippen MR) is 108 cm³/mol. The number of rotatable bonds is 7. The Morgan fingerprint density at radius 3 is 1.72 bits per heavy atom. The second kappa shape index (κ2) is 8.60. The number of benzene rings is 3. The first-order chi connectivity index (χ1) is 12.3. The molecular weight excluding hydrogens is 325 g/mol. The Balaban J connectivity index is 1.73. The van der Waals surface area contributed by atoms with E-state index in [0.29, 0.717) is 0 Å². The fourth-order valence-electron chi connectivity index (χ4n) is 2.76. The second-order valence-corrected chi connectivity index (χ2v) is 8.34. The molecule has 0 aliphatic carbocycles. The lowest BCUT2D eigenvalue weighted by Crippen LogP contribution is -2.14. The van der Waals surface area contributed by atoms with E-state index in [4.69, 9.17) is 0 Å². The van der Waals surface area contributed by atoms with Crippen LogP contribution in [0.3, 0.4) is 0 Å². The van der Waals surface area contributed by atoms with Crippen molar-refractivity contribution in [2.45, 2.75) is 19.3 Å². The van der Waals surface area contributed by atoms with Gasteiger partial charge in [-0.15, -0.1) is 0 Å². The minimum atomic E-state index is -2.97. The van der Waals surface area contributed by atoms with E-state index >= 15 is 0 Å². The predicted octanol–water partition coefficient (Wildman–Crippen LogP) is 5.01. The van der Waals surface area contributed by atoms with Crippen LogP contribution in [0.5, 0.6) is 0 Å². The maximum absolute atomic E-state index is 13.7. The topological polar surface area (TPSA) is 29.4 Å². The molecule has 0 spiro atoms. The third kappa shape index (κ3) is 4.55. The molecule has 0 unspecified atom stereocenters. The van der Waals surface area contributed by atoms with Crippen LogP contribution in [-0.2, 0) is 11.0 Å². The number of nitrogens with zero attached hydrogens (tertiary/aromatic N) is 1. The van der Waals surface area contributed by atoms with Crippen LogP contribution in [0.2, 0.25) is 0 Å². The zero-order chi connectivity index (χ0) is 17.4. The zero-order valence-corrected chi connectivity index (χ0v) is 15.1. The fourth-order valence-corrected chi connectivity index (χ4v) is 4.82. The molecule has 126 valence electrons. The summed E-state index contributed by atoms with van der Waals surface area (Å²) >= 11 is 0.